The Morgan fingerprint density at radius 3 is 2.72 bits per heavy atom. The molecule has 1 saturated carbocycles. The molecule has 0 saturated heterocycles. The third-order valence-electron chi connectivity index (χ3n) is 3.87. The largest absolute Gasteiger partial charge is 0.458 e. The van der Waals surface area contributed by atoms with Crippen molar-refractivity contribution >= 4 is 5.97 Å². The molecule has 0 aliphatic heterocycles. The van der Waals surface area contributed by atoms with Gasteiger partial charge in [0, 0.05) is 6.42 Å². The van der Waals surface area contributed by atoms with Crippen molar-refractivity contribution in [1.29, 1.82) is 0 Å². The van der Waals surface area contributed by atoms with Gasteiger partial charge in [-0.25, -0.2) is 0 Å². The van der Waals surface area contributed by atoms with E-state index in [1.54, 1.807) is 6.08 Å². The molecule has 18 heavy (non-hydrogen) atoms. The van der Waals surface area contributed by atoms with Gasteiger partial charge in [-0.15, -0.1) is 0 Å². The fourth-order valence-electron chi connectivity index (χ4n) is 2.67. The van der Waals surface area contributed by atoms with Crippen LogP contribution in [0.3, 0.4) is 0 Å². The van der Waals surface area contributed by atoms with Crippen molar-refractivity contribution in [2.75, 3.05) is 0 Å². The number of carbonyl (C=O) groups excluding carboxylic acids is 1. The quantitative estimate of drug-likeness (QED) is 0.339. The SMILES string of the molecule is C=CC(CCCCC)OC(=O)CCC1CCCC1. The van der Waals surface area contributed by atoms with E-state index in [2.05, 4.69) is 13.5 Å². The van der Waals surface area contributed by atoms with E-state index in [0.29, 0.717) is 6.42 Å². The van der Waals surface area contributed by atoms with E-state index >= 15 is 0 Å². The first-order valence-electron chi connectivity index (χ1n) is 7.58. The van der Waals surface area contributed by atoms with Crippen LogP contribution in [0.4, 0.5) is 0 Å². The van der Waals surface area contributed by atoms with E-state index in [9.17, 15) is 4.79 Å². The monoisotopic (exact) mass is 252 g/mol. The van der Waals surface area contributed by atoms with Crippen molar-refractivity contribution in [2.45, 2.75) is 77.2 Å². The second kappa shape index (κ2) is 9.18. The molecule has 1 unspecified atom stereocenters. The molecule has 0 aromatic rings. The summed E-state index contributed by atoms with van der Waals surface area (Å²) in [4.78, 5) is 11.7. The fourth-order valence-corrected chi connectivity index (χ4v) is 2.67. The minimum atomic E-state index is -0.0763. The molecular weight excluding hydrogens is 224 g/mol. The topological polar surface area (TPSA) is 26.3 Å². The van der Waals surface area contributed by atoms with Crippen molar-refractivity contribution in [3.63, 3.8) is 0 Å². The fraction of sp³-hybridized carbons (Fsp3) is 0.812. The molecule has 0 radical (unpaired) electrons. The Bertz CT molecular complexity index is 241. The Balaban J connectivity index is 2.13. The molecule has 1 atom stereocenters. The number of hydrogen-bond acceptors (Lipinski definition) is 2. The van der Waals surface area contributed by atoms with Gasteiger partial charge in [0.15, 0.2) is 0 Å². The van der Waals surface area contributed by atoms with E-state index in [-0.39, 0.29) is 12.1 Å². The highest BCUT2D eigenvalue weighted by Crippen LogP contribution is 2.28. The third-order valence-corrected chi connectivity index (χ3v) is 3.87. The standard InChI is InChI=1S/C16H28O2/c1-3-5-6-11-15(4-2)18-16(17)13-12-14-9-7-8-10-14/h4,14-15H,2-3,5-13H2,1H3. The van der Waals surface area contributed by atoms with Gasteiger partial charge in [-0.3, -0.25) is 4.79 Å². The summed E-state index contributed by atoms with van der Waals surface area (Å²) >= 11 is 0. The van der Waals surface area contributed by atoms with Gasteiger partial charge < -0.3 is 4.74 Å². The van der Waals surface area contributed by atoms with Crippen LogP contribution in [0.15, 0.2) is 12.7 Å². The van der Waals surface area contributed by atoms with Gasteiger partial charge in [-0.2, -0.15) is 0 Å². The predicted octanol–water partition coefficient (Wildman–Crippen LogP) is 4.63. The van der Waals surface area contributed by atoms with Crippen LogP contribution in [-0.4, -0.2) is 12.1 Å². The average molecular weight is 252 g/mol. The molecule has 0 amide bonds. The summed E-state index contributed by atoms with van der Waals surface area (Å²) in [6.45, 7) is 5.93. The first-order valence-corrected chi connectivity index (χ1v) is 7.58. The van der Waals surface area contributed by atoms with Crippen LogP contribution in [0.25, 0.3) is 0 Å². The minimum Gasteiger partial charge on any atom is -0.458 e. The maximum Gasteiger partial charge on any atom is 0.306 e. The Kier molecular flexibility index (Phi) is 7.79. The molecule has 1 aliphatic rings. The van der Waals surface area contributed by atoms with Crippen molar-refractivity contribution in [2.24, 2.45) is 5.92 Å². The zero-order chi connectivity index (χ0) is 13.2. The lowest BCUT2D eigenvalue weighted by Gasteiger charge is -2.15. The summed E-state index contributed by atoms with van der Waals surface area (Å²) in [5.74, 6) is 0.725. The zero-order valence-corrected chi connectivity index (χ0v) is 11.8. The highest BCUT2D eigenvalue weighted by molar-refractivity contribution is 5.69. The number of carbonyl (C=O) groups is 1. The van der Waals surface area contributed by atoms with E-state index in [0.717, 1.165) is 25.2 Å². The van der Waals surface area contributed by atoms with Gasteiger partial charge in [0.1, 0.15) is 6.10 Å². The lowest BCUT2D eigenvalue weighted by molar-refractivity contribution is -0.147. The number of rotatable bonds is 9. The number of hydrogen-bond donors (Lipinski definition) is 0. The molecule has 0 aromatic heterocycles. The van der Waals surface area contributed by atoms with Crippen molar-refractivity contribution in [3.05, 3.63) is 12.7 Å². The molecule has 2 heteroatoms. The predicted molar refractivity (Wildman–Crippen MR) is 75.4 cm³/mol. The molecule has 0 spiro atoms. The van der Waals surface area contributed by atoms with Gasteiger partial charge in [-0.05, 0) is 25.2 Å². The smallest absolute Gasteiger partial charge is 0.306 e. The Morgan fingerprint density at radius 1 is 1.39 bits per heavy atom. The maximum absolute atomic E-state index is 11.7. The molecule has 0 heterocycles. The van der Waals surface area contributed by atoms with Crippen LogP contribution in [0.1, 0.15) is 71.1 Å². The van der Waals surface area contributed by atoms with Crippen LogP contribution >= 0.6 is 0 Å². The van der Waals surface area contributed by atoms with Gasteiger partial charge in [0.2, 0.25) is 0 Å². The summed E-state index contributed by atoms with van der Waals surface area (Å²) in [5, 5.41) is 0. The van der Waals surface area contributed by atoms with Crippen LogP contribution < -0.4 is 0 Å². The molecular formula is C16H28O2. The van der Waals surface area contributed by atoms with Crippen LogP contribution in [-0.2, 0) is 9.53 Å². The van der Waals surface area contributed by atoms with Crippen LogP contribution in [0.5, 0.6) is 0 Å². The van der Waals surface area contributed by atoms with Crippen molar-refractivity contribution < 1.29 is 9.53 Å². The summed E-state index contributed by atoms with van der Waals surface area (Å²) in [6.07, 6.45) is 13.0. The van der Waals surface area contributed by atoms with E-state index in [1.807, 2.05) is 0 Å². The molecule has 0 N–H and O–H groups in total. The number of esters is 1. The van der Waals surface area contributed by atoms with Crippen molar-refractivity contribution in [1.82, 2.24) is 0 Å². The van der Waals surface area contributed by atoms with Gasteiger partial charge in [0.25, 0.3) is 0 Å². The van der Waals surface area contributed by atoms with Gasteiger partial charge in [-0.1, -0.05) is 58.1 Å². The summed E-state index contributed by atoms with van der Waals surface area (Å²) in [6, 6.07) is 0. The summed E-state index contributed by atoms with van der Waals surface area (Å²) in [5.41, 5.74) is 0. The zero-order valence-electron chi connectivity index (χ0n) is 11.8. The molecule has 0 aromatic carbocycles. The first kappa shape index (κ1) is 15.3. The Labute approximate surface area is 112 Å². The van der Waals surface area contributed by atoms with E-state index in [1.165, 1.54) is 38.5 Å². The second-order valence-corrected chi connectivity index (χ2v) is 5.45. The summed E-state index contributed by atoms with van der Waals surface area (Å²) < 4.78 is 5.45. The molecule has 0 bridgehead atoms. The highest BCUT2D eigenvalue weighted by Gasteiger charge is 2.17. The Hall–Kier alpha value is -0.790. The number of ether oxygens (including phenoxy) is 1. The first-order chi connectivity index (χ1) is 8.76. The molecule has 104 valence electrons. The highest BCUT2D eigenvalue weighted by atomic mass is 16.5. The number of unbranched alkanes of at least 4 members (excludes halogenated alkanes) is 2. The minimum absolute atomic E-state index is 0.0386. The van der Waals surface area contributed by atoms with Crippen molar-refractivity contribution in [3.8, 4) is 0 Å². The molecule has 1 fully saturated rings. The molecule has 2 nitrogen and oxygen atoms in total. The van der Waals surface area contributed by atoms with E-state index < -0.39 is 0 Å². The Morgan fingerprint density at radius 2 is 2.11 bits per heavy atom. The van der Waals surface area contributed by atoms with Gasteiger partial charge in [0.05, 0.1) is 0 Å². The average Bonchev–Trinajstić information content (AvgIpc) is 2.88. The van der Waals surface area contributed by atoms with Crippen LogP contribution in [0.2, 0.25) is 0 Å². The third kappa shape index (κ3) is 6.23. The molecule has 1 aliphatic carbocycles. The maximum atomic E-state index is 11.7. The molecule has 1 rings (SSSR count). The van der Waals surface area contributed by atoms with Gasteiger partial charge >= 0.3 is 5.97 Å². The lowest BCUT2D eigenvalue weighted by Crippen LogP contribution is -2.16. The van der Waals surface area contributed by atoms with E-state index in [4.69, 9.17) is 4.74 Å². The lowest BCUT2D eigenvalue weighted by atomic mass is 10.0. The second-order valence-electron chi connectivity index (χ2n) is 5.45. The summed E-state index contributed by atoms with van der Waals surface area (Å²) in [7, 11) is 0. The van der Waals surface area contributed by atoms with Crippen LogP contribution in [0, 0.1) is 5.92 Å². The normalized spacial score (nSPS) is 17.6.